The van der Waals surface area contributed by atoms with Crippen LogP contribution in [-0.2, 0) is 6.54 Å². The van der Waals surface area contributed by atoms with Gasteiger partial charge in [-0.15, -0.1) is 0 Å². The minimum absolute atomic E-state index is 0.0454. The van der Waals surface area contributed by atoms with Crippen molar-refractivity contribution in [2.24, 2.45) is 0 Å². The van der Waals surface area contributed by atoms with Crippen LogP contribution in [0.1, 0.15) is 29.2 Å². The Kier molecular flexibility index (Phi) is 3.77. The number of hydrogen-bond acceptors (Lipinski definition) is 6. The molecule has 4 rings (SSSR count). The number of rotatable bonds is 4. The smallest absolute Gasteiger partial charge is 0.228 e. The average molecular weight is 339 g/mol. The first-order chi connectivity index (χ1) is 12.2. The van der Waals surface area contributed by atoms with E-state index in [0.717, 1.165) is 5.56 Å². The number of fused-ring (bicyclic) bond motifs is 2. The maximum atomic E-state index is 9.76. The number of nitrogens with one attached hydrogen (secondary N) is 1. The lowest BCUT2D eigenvalue weighted by Crippen LogP contribution is -2.30. The van der Waals surface area contributed by atoms with Gasteiger partial charge in [0.15, 0.2) is 0 Å². The topological polar surface area (TPSA) is 105 Å². The van der Waals surface area contributed by atoms with E-state index in [1.165, 1.54) is 12.4 Å². The summed E-state index contributed by atoms with van der Waals surface area (Å²) >= 11 is 0. The van der Waals surface area contributed by atoms with E-state index < -0.39 is 0 Å². The van der Waals surface area contributed by atoms with Gasteiger partial charge in [-0.2, -0.15) is 0 Å². The van der Waals surface area contributed by atoms with Gasteiger partial charge in [0.1, 0.15) is 29.1 Å². The Morgan fingerprint density at radius 2 is 2.16 bits per heavy atom. The highest BCUT2D eigenvalue weighted by molar-refractivity contribution is 5.55. The van der Waals surface area contributed by atoms with Crippen LogP contribution in [0.4, 0.5) is 0 Å². The fourth-order valence-electron chi connectivity index (χ4n) is 3.12. The average Bonchev–Trinajstić information content (AvgIpc) is 3.13. The van der Waals surface area contributed by atoms with E-state index in [4.69, 9.17) is 19.7 Å². The summed E-state index contributed by atoms with van der Waals surface area (Å²) in [7, 11) is 0. The number of hydrogen-bond donors (Lipinski definition) is 3. The molecular weight excluding hydrogens is 322 g/mol. The van der Waals surface area contributed by atoms with Crippen molar-refractivity contribution >= 4 is 0 Å². The molecule has 1 aliphatic rings. The summed E-state index contributed by atoms with van der Waals surface area (Å²) in [5.41, 5.74) is 1.67. The maximum Gasteiger partial charge on any atom is 0.228 e. The van der Waals surface area contributed by atoms with Crippen molar-refractivity contribution < 1.29 is 19.4 Å². The van der Waals surface area contributed by atoms with Crippen LogP contribution >= 0.6 is 0 Å². The van der Waals surface area contributed by atoms with E-state index in [0.29, 0.717) is 35.9 Å². The number of furan rings is 1. The molecule has 25 heavy (non-hydrogen) atoms. The molecule has 0 unspecified atom stereocenters. The Balaban J connectivity index is 1.92. The van der Waals surface area contributed by atoms with Gasteiger partial charge in [-0.25, -0.2) is 4.98 Å². The fourth-order valence-corrected chi connectivity index (χ4v) is 3.12. The second kappa shape index (κ2) is 6.10. The van der Waals surface area contributed by atoms with Crippen LogP contribution in [0.15, 0.2) is 47.3 Å². The molecule has 3 heterocycles. The summed E-state index contributed by atoms with van der Waals surface area (Å²) in [6.07, 6.45) is 3.65. The first-order valence-electron chi connectivity index (χ1n) is 7.98. The van der Waals surface area contributed by atoms with Crippen LogP contribution in [0.5, 0.6) is 17.4 Å². The second-order valence-electron chi connectivity index (χ2n) is 5.86. The monoisotopic (exact) mass is 339 g/mol. The third kappa shape index (κ3) is 2.58. The van der Waals surface area contributed by atoms with Gasteiger partial charge in [-0.05, 0) is 24.6 Å². The molecule has 3 aromatic rings. The fraction of sp³-hybridized carbons (Fsp3) is 0.222. The number of aliphatic hydroxyl groups excluding tert-OH is 1. The zero-order chi connectivity index (χ0) is 17.4. The number of nitrogens with zero attached hydrogens (tertiary/aromatic N) is 2. The van der Waals surface area contributed by atoms with Crippen LogP contribution in [0.25, 0.3) is 0 Å². The van der Waals surface area contributed by atoms with Crippen molar-refractivity contribution in [3.05, 3.63) is 65.3 Å². The molecule has 1 aliphatic heterocycles. The molecule has 3 N–H and O–H groups in total. The highest BCUT2D eigenvalue weighted by Crippen LogP contribution is 2.45. The summed E-state index contributed by atoms with van der Waals surface area (Å²) in [6.45, 7) is 0.534. The molecule has 1 atom stereocenters. The normalized spacial score (nSPS) is 15.3. The zero-order valence-corrected chi connectivity index (χ0v) is 13.3. The van der Waals surface area contributed by atoms with E-state index in [2.05, 4.69) is 4.98 Å². The van der Waals surface area contributed by atoms with Gasteiger partial charge in [0.2, 0.25) is 5.88 Å². The summed E-state index contributed by atoms with van der Waals surface area (Å²) in [5.74, 6) is 1.24. The Labute approximate surface area is 143 Å². The van der Waals surface area contributed by atoms with Crippen molar-refractivity contribution in [1.29, 1.82) is 5.41 Å². The van der Waals surface area contributed by atoms with Crippen molar-refractivity contribution in [1.82, 2.24) is 9.55 Å². The third-order valence-corrected chi connectivity index (χ3v) is 4.28. The lowest BCUT2D eigenvalue weighted by atomic mass is 9.87. The van der Waals surface area contributed by atoms with Crippen LogP contribution < -0.4 is 10.2 Å². The predicted octanol–water partition coefficient (Wildman–Crippen LogP) is 2.33. The lowest BCUT2D eigenvalue weighted by Gasteiger charge is -2.27. The number of aromatic nitrogens is 2. The molecule has 7 heteroatoms. The number of phenolic OH excluding ortho intramolecular Hbond substituents is 1. The van der Waals surface area contributed by atoms with E-state index in [1.807, 2.05) is 6.07 Å². The van der Waals surface area contributed by atoms with E-state index in [9.17, 15) is 5.11 Å². The minimum Gasteiger partial charge on any atom is -0.508 e. The van der Waals surface area contributed by atoms with Gasteiger partial charge in [-0.1, -0.05) is 6.07 Å². The zero-order valence-electron chi connectivity index (χ0n) is 13.3. The molecule has 128 valence electrons. The summed E-state index contributed by atoms with van der Waals surface area (Å²) in [6, 6.07) is 8.53. The standard InChI is InChI=1S/C18H17N3O4/c19-17-16-15(13-3-1-8-24-13)12-5-4-11(23)9-14(12)25-18(16)20-10-21(17)6-2-7-22/h1,3-5,8-10,15,19,22-23H,2,6-7H2/t15-/m0/s1. The van der Waals surface area contributed by atoms with Crippen molar-refractivity contribution in [2.75, 3.05) is 6.61 Å². The van der Waals surface area contributed by atoms with E-state index >= 15 is 0 Å². The first-order valence-corrected chi connectivity index (χ1v) is 7.98. The van der Waals surface area contributed by atoms with Crippen LogP contribution in [0, 0.1) is 5.41 Å². The Hall–Kier alpha value is -3.06. The summed E-state index contributed by atoms with van der Waals surface area (Å²) in [4.78, 5) is 4.34. The number of aliphatic hydroxyl groups is 1. The quantitative estimate of drug-likeness (QED) is 0.529. The molecule has 2 aromatic heterocycles. The molecular formula is C18H17N3O4. The lowest BCUT2D eigenvalue weighted by molar-refractivity contribution is 0.277. The molecule has 0 spiro atoms. The molecule has 7 nitrogen and oxygen atoms in total. The van der Waals surface area contributed by atoms with E-state index in [1.54, 1.807) is 29.0 Å². The largest absolute Gasteiger partial charge is 0.508 e. The van der Waals surface area contributed by atoms with Gasteiger partial charge in [0.05, 0.1) is 17.7 Å². The van der Waals surface area contributed by atoms with Crippen molar-refractivity contribution in [2.45, 2.75) is 18.9 Å². The minimum atomic E-state index is -0.351. The number of ether oxygens (including phenoxy) is 1. The molecule has 0 bridgehead atoms. The first kappa shape index (κ1) is 15.5. The van der Waals surface area contributed by atoms with E-state index in [-0.39, 0.29) is 23.8 Å². The Morgan fingerprint density at radius 3 is 2.92 bits per heavy atom. The van der Waals surface area contributed by atoms with Crippen LogP contribution in [0.3, 0.4) is 0 Å². The number of aryl methyl sites for hydroxylation is 1. The number of phenols is 1. The van der Waals surface area contributed by atoms with Gasteiger partial charge in [-0.3, -0.25) is 5.41 Å². The molecule has 0 saturated carbocycles. The highest BCUT2D eigenvalue weighted by atomic mass is 16.5. The SMILES string of the molecule is N=c1c2c(ncn1CCCO)Oc1cc(O)ccc1[C@H]2c1ccco1. The van der Waals surface area contributed by atoms with Crippen LogP contribution in [-0.4, -0.2) is 26.4 Å². The van der Waals surface area contributed by atoms with Gasteiger partial charge in [0.25, 0.3) is 0 Å². The predicted molar refractivity (Wildman–Crippen MR) is 87.6 cm³/mol. The maximum absolute atomic E-state index is 9.76. The summed E-state index contributed by atoms with van der Waals surface area (Å²) < 4.78 is 13.1. The van der Waals surface area contributed by atoms with Crippen molar-refractivity contribution in [3.8, 4) is 17.4 Å². The van der Waals surface area contributed by atoms with Crippen LogP contribution in [0.2, 0.25) is 0 Å². The highest BCUT2D eigenvalue weighted by Gasteiger charge is 2.33. The molecule has 0 amide bonds. The molecule has 0 fully saturated rings. The number of benzene rings is 1. The Morgan fingerprint density at radius 1 is 1.28 bits per heavy atom. The summed E-state index contributed by atoms with van der Waals surface area (Å²) in [5, 5.41) is 27.4. The Bertz CT molecular complexity index is 963. The molecule has 0 saturated heterocycles. The molecule has 1 aromatic carbocycles. The number of aromatic hydroxyl groups is 1. The third-order valence-electron chi connectivity index (χ3n) is 4.28. The van der Waals surface area contributed by atoms with Gasteiger partial charge in [0, 0.05) is 24.8 Å². The second-order valence-corrected chi connectivity index (χ2v) is 5.86. The van der Waals surface area contributed by atoms with Gasteiger partial charge < -0.3 is 23.9 Å². The molecule has 0 aliphatic carbocycles. The van der Waals surface area contributed by atoms with Gasteiger partial charge >= 0.3 is 0 Å². The van der Waals surface area contributed by atoms with Crippen molar-refractivity contribution in [3.63, 3.8) is 0 Å². The molecule has 0 radical (unpaired) electrons.